The van der Waals surface area contributed by atoms with E-state index in [4.69, 9.17) is 23.6 Å². The minimum absolute atomic E-state index is 0.0224. The minimum Gasteiger partial charge on any atom is -0.493 e. The third-order valence-corrected chi connectivity index (χ3v) is 9.30. The molecule has 198 valence electrons. The molecule has 12 nitrogen and oxygen atoms in total. The SMILES string of the molecule is COC1=C2O[C@H]3C(=O)C=C[C@H]4[C@H]5CC(C(OP(=O)(O)O[C@@H](C=O)[C@@H](O)[C@H](O)CO)=C1)C2[C@@]34CCN5C. The van der Waals surface area contributed by atoms with Crippen LogP contribution in [-0.4, -0.2) is 94.9 Å². The zero-order valence-corrected chi connectivity index (χ0v) is 20.7. The first kappa shape index (κ1) is 25.6. The molecular formula is C23H30NO11P. The standard InChI is InChI=1S/C23H30NO11P/c1-24-6-5-23-12-3-4-14(27)22(23)33-21-17(32-2)8-16(11(19(21)23)7-13(12)24)34-36(30,31)35-18(10-26)20(29)15(28)9-25/h3-4,8,10-13,15,18-20,22,25,28-29H,5-7,9H2,1-2H3,(H,30,31)/t11?,12-,13+,15+,18-,19?,20-,22-,23-/m0/s1. The summed E-state index contributed by atoms with van der Waals surface area (Å²) >= 11 is 0. The Morgan fingerprint density at radius 2 is 2.14 bits per heavy atom. The summed E-state index contributed by atoms with van der Waals surface area (Å²) in [4.78, 5) is 37.1. The van der Waals surface area contributed by atoms with Crippen LogP contribution in [0.15, 0.2) is 35.5 Å². The lowest BCUT2D eigenvalue weighted by Crippen LogP contribution is -2.65. The number of nitrogens with zero attached hydrogens (tertiary/aromatic N) is 1. The van der Waals surface area contributed by atoms with Crippen LogP contribution in [-0.2, 0) is 32.7 Å². The first-order chi connectivity index (χ1) is 17.1. The summed E-state index contributed by atoms with van der Waals surface area (Å²) in [5.41, 5.74) is -0.568. The molecule has 1 spiro atoms. The molecule has 5 aliphatic rings. The Morgan fingerprint density at radius 1 is 1.39 bits per heavy atom. The number of likely N-dealkylation sites (tertiary alicyclic amines) is 1. The molecule has 0 amide bonds. The number of aliphatic hydroxyl groups is 3. The number of phosphoric acid groups is 1. The fourth-order valence-corrected chi connectivity index (χ4v) is 7.75. The number of aliphatic hydroxyl groups excluding tert-OH is 3. The molecule has 2 heterocycles. The van der Waals surface area contributed by atoms with Crippen molar-refractivity contribution in [3.05, 3.63) is 35.5 Å². The highest BCUT2D eigenvalue weighted by Crippen LogP contribution is 2.68. The van der Waals surface area contributed by atoms with Crippen LogP contribution < -0.4 is 0 Å². The number of rotatable bonds is 9. The summed E-state index contributed by atoms with van der Waals surface area (Å²) in [6, 6.07) is 0.0224. The Hall–Kier alpha value is -2.05. The highest BCUT2D eigenvalue weighted by Gasteiger charge is 2.71. The molecule has 0 aromatic carbocycles. The number of hydrogen-bond donors (Lipinski definition) is 4. The van der Waals surface area contributed by atoms with Crippen molar-refractivity contribution in [3.63, 3.8) is 0 Å². The van der Waals surface area contributed by atoms with Crippen LogP contribution >= 0.6 is 7.82 Å². The maximum absolute atomic E-state index is 13.0. The lowest BCUT2D eigenvalue weighted by atomic mass is 9.47. The Bertz CT molecular complexity index is 1090. The topological polar surface area (TPSA) is 172 Å². The molecule has 2 saturated heterocycles. The number of carbonyl (C=O) groups excluding carboxylic acids is 2. The maximum Gasteiger partial charge on any atom is 0.527 e. The van der Waals surface area contributed by atoms with Gasteiger partial charge in [0.2, 0.25) is 0 Å². The van der Waals surface area contributed by atoms with E-state index in [9.17, 15) is 29.3 Å². The number of carbonyl (C=O) groups is 2. The predicted octanol–water partition coefficient (Wildman–Crippen LogP) is -0.362. The van der Waals surface area contributed by atoms with Gasteiger partial charge in [0.15, 0.2) is 30.0 Å². The number of allylic oxidation sites excluding steroid dienone is 3. The predicted molar refractivity (Wildman–Crippen MR) is 121 cm³/mol. The quantitative estimate of drug-likeness (QED) is 0.227. The van der Waals surface area contributed by atoms with Crippen LogP contribution in [0.1, 0.15) is 12.8 Å². The van der Waals surface area contributed by atoms with Gasteiger partial charge < -0.3 is 39.0 Å². The van der Waals surface area contributed by atoms with E-state index in [1.165, 1.54) is 13.2 Å². The van der Waals surface area contributed by atoms with E-state index in [1.807, 2.05) is 13.1 Å². The maximum atomic E-state index is 13.0. The summed E-state index contributed by atoms with van der Waals surface area (Å²) in [6.45, 7) is -0.133. The third-order valence-electron chi connectivity index (χ3n) is 8.35. The molecule has 5 rings (SSSR count). The summed E-state index contributed by atoms with van der Waals surface area (Å²) < 4.78 is 35.1. The largest absolute Gasteiger partial charge is 0.527 e. The molecule has 13 heteroatoms. The number of hydrogen-bond acceptors (Lipinski definition) is 11. The minimum atomic E-state index is -5.01. The van der Waals surface area contributed by atoms with Gasteiger partial charge in [0.1, 0.15) is 23.7 Å². The highest BCUT2D eigenvalue weighted by molar-refractivity contribution is 7.47. The molecule has 36 heavy (non-hydrogen) atoms. The van der Waals surface area contributed by atoms with E-state index in [0.717, 1.165) is 6.54 Å². The molecule has 2 aliphatic heterocycles. The number of ether oxygens (including phenoxy) is 2. The van der Waals surface area contributed by atoms with E-state index >= 15 is 0 Å². The van der Waals surface area contributed by atoms with Gasteiger partial charge in [0.05, 0.1) is 13.7 Å². The molecule has 0 aromatic rings. The second-order valence-electron chi connectivity index (χ2n) is 10.0. The molecule has 0 radical (unpaired) electrons. The van der Waals surface area contributed by atoms with Gasteiger partial charge in [-0.3, -0.25) is 14.2 Å². The average Bonchev–Trinajstić information content (AvgIpc) is 3.20. The van der Waals surface area contributed by atoms with Gasteiger partial charge in [-0.25, -0.2) is 4.57 Å². The van der Waals surface area contributed by atoms with E-state index in [0.29, 0.717) is 18.6 Å². The second kappa shape index (κ2) is 9.05. The first-order valence-corrected chi connectivity index (χ1v) is 13.3. The van der Waals surface area contributed by atoms with E-state index in [-0.39, 0.29) is 41.5 Å². The summed E-state index contributed by atoms with van der Waals surface area (Å²) in [5.74, 6) is -0.0210. The second-order valence-corrected chi connectivity index (χ2v) is 11.3. The lowest BCUT2D eigenvalue weighted by Gasteiger charge is -2.59. The van der Waals surface area contributed by atoms with Crippen LogP contribution in [0.5, 0.6) is 0 Å². The molecule has 2 bridgehead atoms. The van der Waals surface area contributed by atoms with Crippen molar-refractivity contribution in [1.29, 1.82) is 0 Å². The average molecular weight is 527 g/mol. The fraction of sp³-hybridized carbons (Fsp3) is 0.652. The summed E-state index contributed by atoms with van der Waals surface area (Å²) in [7, 11) is -1.59. The van der Waals surface area contributed by atoms with Crippen molar-refractivity contribution < 1.29 is 52.9 Å². The number of ketones is 1. The Morgan fingerprint density at radius 3 is 2.81 bits per heavy atom. The Balaban J connectivity index is 1.50. The lowest BCUT2D eigenvalue weighted by molar-refractivity contribution is -0.142. The molecule has 3 unspecified atom stereocenters. The van der Waals surface area contributed by atoms with Gasteiger partial charge in [0.25, 0.3) is 0 Å². The number of phosphoric ester groups is 1. The van der Waals surface area contributed by atoms with E-state index in [1.54, 1.807) is 6.08 Å². The van der Waals surface area contributed by atoms with Crippen molar-refractivity contribution in [2.45, 2.75) is 43.3 Å². The van der Waals surface area contributed by atoms with E-state index in [2.05, 4.69) is 4.90 Å². The molecule has 0 aromatic heterocycles. The van der Waals surface area contributed by atoms with Gasteiger partial charge in [-0.05, 0) is 32.5 Å². The van der Waals surface area contributed by atoms with Crippen molar-refractivity contribution in [2.75, 3.05) is 27.3 Å². The van der Waals surface area contributed by atoms with Gasteiger partial charge >= 0.3 is 7.82 Å². The molecule has 3 fully saturated rings. The van der Waals surface area contributed by atoms with Crippen LogP contribution in [0.2, 0.25) is 0 Å². The molecule has 3 aliphatic carbocycles. The normalized spacial score (nSPS) is 38.8. The summed E-state index contributed by atoms with van der Waals surface area (Å²) in [6.07, 6.45) is -0.132. The van der Waals surface area contributed by atoms with Crippen LogP contribution in [0.4, 0.5) is 0 Å². The smallest absolute Gasteiger partial charge is 0.493 e. The Labute approximate surface area is 207 Å². The van der Waals surface area contributed by atoms with E-state index < -0.39 is 50.2 Å². The molecule has 1 saturated carbocycles. The molecular weight excluding hydrogens is 497 g/mol. The monoisotopic (exact) mass is 527 g/mol. The summed E-state index contributed by atoms with van der Waals surface area (Å²) in [5, 5.41) is 28.6. The van der Waals surface area contributed by atoms with Crippen LogP contribution in [0, 0.1) is 23.2 Å². The van der Waals surface area contributed by atoms with Crippen molar-refractivity contribution in [3.8, 4) is 0 Å². The van der Waals surface area contributed by atoms with Crippen molar-refractivity contribution in [2.24, 2.45) is 23.2 Å². The van der Waals surface area contributed by atoms with Crippen LogP contribution in [0.25, 0.3) is 0 Å². The molecule has 4 N–H and O–H groups in total. The fourth-order valence-electron chi connectivity index (χ4n) is 6.77. The first-order valence-electron chi connectivity index (χ1n) is 11.8. The third kappa shape index (κ3) is 3.70. The van der Waals surface area contributed by atoms with Gasteiger partial charge in [-0.2, -0.15) is 0 Å². The number of aldehydes is 1. The highest BCUT2D eigenvalue weighted by atomic mass is 31.2. The van der Waals surface area contributed by atoms with Crippen molar-refractivity contribution >= 4 is 19.9 Å². The van der Waals surface area contributed by atoms with Crippen LogP contribution in [0.3, 0.4) is 0 Å². The molecule has 10 atom stereocenters. The van der Waals surface area contributed by atoms with Crippen molar-refractivity contribution in [1.82, 2.24) is 4.90 Å². The zero-order valence-electron chi connectivity index (χ0n) is 19.8. The Kier molecular flexibility index (Phi) is 6.44. The number of piperidine rings is 1. The van der Waals surface area contributed by atoms with Gasteiger partial charge in [-0.15, -0.1) is 0 Å². The van der Waals surface area contributed by atoms with Gasteiger partial charge in [0, 0.05) is 35.3 Å². The zero-order chi connectivity index (χ0) is 26.0. The number of methoxy groups -OCH3 is 1. The van der Waals surface area contributed by atoms with Gasteiger partial charge in [-0.1, -0.05) is 6.08 Å².